The third-order valence-electron chi connectivity index (χ3n) is 3.35. The molecule has 0 aromatic carbocycles. The van der Waals surface area contributed by atoms with Crippen LogP contribution in [-0.4, -0.2) is 29.4 Å². The lowest BCUT2D eigenvalue weighted by Crippen LogP contribution is -2.58. The van der Waals surface area contributed by atoms with Gasteiger partial charge in [0.05, 0.1) is 13.0 Å². The quantitative estimate of drug-likeness (QED) is 0.792. The van der Waals surface area contributed by atoms with Crippen LogP contribution in [0.15, 0.2) is 10.8 Å². The minimum absolute atomic E-state index is 0.0411. The predicted octanol–water partition coefficient (Wildman–Crippen LogP) is 1.16. The molecule has 4 nitrogen and oxygen atoms in total. The first-order chi connectivity index (χ1) is 7.53. The Morgan fingerprint density at radius 3 is 2.69 bits per heavy atom. The summed E-state index contributed by atoms with van der Waals surface area (Å²) in [5.74, 6) is -1.32. The Bertz CT molecular complexity index is 387. The van der Waals surface area contributed by atoms with Gasteiger partial charge in [-0.3, -0.25) is 9.59 Å². The molecule has 2 unspecified atom stereocenters. The zero-order valence-electron chi connectivity index (χ0n) is 8.96. The van der Waals surface area contributed by atoms with Crippen molar-refractivity contribution in [3.63, 3.8) is 0 Å². The van der Waals surface area contributed by atoms with Gasteiger partial charge in [0.25, 0.3) is 0 Å². The van der Waals surface area contributed by atoms with Gasteiger partial charge in [0, 0.05) is 6.42 Å². The number of aliphatic hydroxyl groups is 1. The van der Waals surface area contributed by atoms with E-state index in [1.165, 1.54) is 7.11 Å². The Morgan fingerprint density at radius 2 is 2.12 bits per heavy atom. The molecule has 0 bridgehead atoms. The van der Waals surface area contributed by atoms with Crippen LogP contribution in [0.25, 0.3) is 0 Å². The van der Waals surface area contributed by atoms with E-state index in [4.69, 9.17) is 16.3 Å². The standard InChI is InChI=1S/C11H13ClO4/c1-16-10-8(12)9(14)11(10,15)6-4-2-3-5-7(6)13/h6,15H,2-5H2,1H3. The molecule has 2 aliphatic rings. The van der Waals surface area contributed by atoms with Crippen LogP contribution in [0.1, 0.15) is 25.7 Å². The SMILES string of the molecule is COC1=C(Cl)C(=O)C1(O)C1CCCCC1=O. The molecule has 0 aromatic rings. The van der Waals surface area contributed by atoms with E-state index in [0.717, 1.165) is 12.8 Å². The summed E-state index contributed by atoms with van der Waals surface area (Å²) >= 11 is 5.65. The minimum Gasteiger partial charge on any atom is -0.496 e. The van der Waals surface area contributed by atoms with Crippen LogP contribution in [-0.2, 0) is 14.3 Å². The largest absolute Gasteiger partial charge is 0.496 e. The van der Waals surface area contributed by atoms with Gasteiger partial charge in [-0.1, -0.05) is 18.0 Å². The fourth-order valence-electron chi connectivity index (χ4n) is 2.46. The summed E-state index contributed by atoms with van der Waals surface area (Å²) < 4.78 is 4.91. The number of carbonyl (C=O) groups excluding carboxylic acids is 2. The molecule has 2 rings (SSSR count). The highest BCUT2D eigenvalue weighted by Crippen LogP contribution is 2.46. The normalized spacial score (nSPS) is 35.1. The second-order valence-corrected chi connectivity index (χ2v) is 4.59. The molecule has 2 atom stereocenters. The Labute approximate surface area is 98.2 Å². The highest BCUT2D eigenvalue weighted by atomic mass is 35.5. The summed E-state index contributed by atoms with van der Waals surface area (Å²) in [6.07, 6.45) is 2.58. The number of methoxy groups -OCH3 is 1. The van der Waals surface area contributed by atoms with Crippen molar-refractivity contribution in [3.8, 4) is 0 Å². The van der Waals surface area contributed by atoms with Crippen LogP contribution in [0.5, 0.6) is 0 Å². The highest BCUT2D eigenvalue weighted by molar-refractivity contribution is 6.48. The number of hydrogen-bond acceptors (Lipinski definition) is 4. The third kappa shape index (κ3) is 1.33. The molecule has 0 spiro atoms. The molecule has 0 amide bonds. The molecule has 16 heavy (non-hydrogen) atoms. The summed E-state index contributed by atoms with van der Waals surface area (Å²) in [5, 5.41) is 10.2. The Morgan fingerprint density at radius 1 is 1.44 bits per heavy atom. The number of carbonyl (C=O) groups is 2. The zero-order chi connectivity index (χ0) is 11.9. The predicted molar refractivity (Wildman–Crippen MR) is 56.8 cm³/mol. The molecule has 0 heterocycles. The van der Waals surface area contributed by atoms with E-state index in [0.29, 0.717) is 12.8 Å². The van der Waals surface area contributed by atoms with E-state index in [2.05, 4.69) is 0 Å². The van der Waals surface area contributed by atoms with Crippen LogP contribution in [0, 0.1) is 5.92 Å². The molecule has 1 saturated carbocycles. The average molecular weight is 245 g/mol. The first kappa shape index (κ1) is 11.6. The van der Waals surface area contributed by atoms with E-state index >= 15 is 0 Å². The summed E-state index contributed by atoms with van der Waals surface area (Å²) in [7, 11) is 1.34. The maximum atomic E-state index is 11.7. The minimum atomic E-state index is -1.80. The molecule has 1 N–H and O–H groups in total. The monoisotopic (exact) mass is 244 g/mol. The van der Waals surface area contributed by atoms with E-state index in [-0.39, 0.29) is 16.6 Å². The maximum absolute atomic E-state index is 11.7. The van der Waals surface area contributed by atoms with Gasteiger partial charge in [-0.05, 0) is 12.8 Å². The topological polar surface area (TPSA) is 63.6 Å². The number of rotatable bonds is 2. The molecule has 5 heteroatoms. The zero-order valence-corrected chi connectivity index (χ0v) is 9.71. The summed E-state index contributed by atoms with van der Waals surface area (Å²) in [4.78, 5) is 23.3. The van der Waals surface area contributed by atoms with Crippen molar-refractivity contribution in [2.24, 2.45) is 5.92 Å². The smallest absolute Gasteiger partial charge is 0.217 e. The molecular formula is C11H13ClO4. The van der Waals surface area contributed by atoms with Crippen LogP contribution in [0.2, 0.25) is 0 Å². The lowest BCUT2D eigenvalue weighted by Gasteiger charge is -2.42. The molecule has 0 radical (unpaired) electrons. The lowest BCUT2D eigenvalue weighted by atomic mass is 9.68. The van der Waals surface area contributed by atoms with Gasteiger partial charge < -0.3 is 9.84 Å². The van der Waals surface area contributed by atoms with Crippen LogP contribution in [0.3, 0.4) is 0 Å². The Hall–Kier alpha value is -0.870. The molecule has 0 aromatic heterocycles. The number of ether oxygens (including phenoxy) is 1. The number of ketones is 2. The molecule has 0 aliphatic heterocycles. The molecule has 88 valence electrons. The van der Waals surface area contributed by atoms with Crippen LogP contribution < -0.4 is 0 Å². The van der Waals surface area contributed by atoms with Crippen molar-refractivity contribution in [2.75, 3.05) is 7.11 Å². The Kier molecular flexibility index (Phi) is 2.80. The second-order valence-electron chi connectivity index (χ2n) is 4.21. The number of halogens is 1. The molecule has 1 fully saturated rings. The van der Waals surface area contributed by atoms with Gasteiger partial charge in [-0.2, -0.15) is 0 Å². The summed E-state index contributed by atoms with van der Waals surface area (Å²) in [5.41, 5.74) is -1.80. The first-order valence-electron chi connectivity index (χ1n) is 5.27. The van der Waals surface area contributed by atoms with E-state index in [9.17, 15) is 14.7 Å². The fourth-order valence-corrected chi connectivity index (χ4v) is 2.83. The molecular weight excluding hydrogens is 232 g/mol. The second kappa shape index (κ2) is 3.86. The summed E-state index contributed by atoms with van der Waals surface area (Å²) in [6, 6.07) is 0. The first-order valence-corrected chi connectivity index (χ1v) is 5.65. The Balaban J connectivity index is 2.33. The maximum Gasteiger partial charge on any atom is 0.217 e. The van der Waals surface area contributed by atoms with Crippen molar-refractivity contribution >= 4 is 23.2 Å². The number of hydrogen-bond donors (Lipinski definition) is 1. The van der Waals surface area contributed by atoms with Crippen molar-refractivity contribution in [1.82, 2.24) is 0 Å². The molecule has 0 saturated heterocycles. The highest BCUT2D eigenvalue weighted by Gasteiger charge is 2.60. The van der Waals surface area contributed by atoms with Gasteiger partial charge in [0.1, 0.15) is 10.8 Å². The van der Waals surface area contributed by atoms with E-state index < -0.39 is 17.3 Å². The van der Waals surface area contributed by atoms with Gasteiger partial charge in [0.15, 0.2) is 11.4 Å². The van der Waals surface area contributed by atoms with Crippen molar-refractivity contribution in [2.45, 2.75) is 31.3 Å². The van der Waals surface area contributed by atoms with Gasteiger partial charge in [-0.15, -0.1) is 0 Å². The van der Waals surface area contributed by atoms with Crippen LogP contribution in [0.4, 0.5) is 0 Å². The average Bonchev–Trinajstić information content (AvgIpc) is 2.29. The third-order valence-corrected chi connectivity index (χ3v) is 3.70. The van der Waals surface area contributed by atoms with E-state index in [1.54, 1.807) is 0 Å². The van der Waals surface area contributed by atoms with Crippen molar-refractivity contribution in [1.29, 1.82) is 0 Å². The van der Waals surface area contributed by atoms with Crippen molar-refractivity contribution < 1.29 is 19.4 Å². The van der Waals surface area contributed by atoms with E-state index in [1.807, 2.05) is 0 Å². The summed E-state index contributed by atoms with van der Waals surface area (Å²) in [6.45, 7) is 0. The van der Waals surface area contributed by atoms with Gasteiger partial charge in [0.2, 0.25) is 5.78 Å². The fraction of sp³-hybridized carbons (Fsp3) is 0.636. The lowest BCUT2D eigenvalue weighted by molar-refractivity contribution is -0.154. The van der Waals surface area contributed by atoms with Crippen molar-refractivity contribution in [3.05, 3.63) is 10.8 Å². The number of Topliss-reactive ketones (excluding diaryl/α,β-unsaturated/α-hetero) is 2. The van der Waals surface area contributed by atoms with Gasteiger partial charge >= 0.3 is 0 Å². The van der Waals surface area contributed by atoms with Gasteiger partial charge in [-0.25, -0.2) is 0 Å². The molecule has 2 aliphatic carbocycles. The van der Waals surface area contributed by atoms with Crippen LogP contribution >= 0.6 is 11.6 Å².